The first kappa shape index (κ1) is 30.9. The van der Waals surface area contributed by atoms with E-state index in [4.69, 9.17) is 11.6 Å². The minimum atomic E-state index is -4.82. The number of halogens is 3. The topological polar surface area (TPSA) is 148 Å². The van der Waals surface area contributed by atoms with E-state index in [0.29, 0.717) is 12.0 Å². The maximum Gasteiger partial charge on any atom is 0.419 e. The van der Waals surface area contributed by atoms with E-state index >= 15 is 0 Å². The molecule has 2 unspecified atom stereocenters. The number of hydrogen-bond donors (Lipinski definition) is 3. The number of aromatic nitrogens is 4. The Morgan fingerprint density at radius 2 is 1.89 bits per heavy atom. The maximum atomic E-state index is 14.4. The molecule has 0 amide bonds. The molecule has 4 aromatic rings. The first-order valence-corrected chi connectivity index (χ1v) is 16.0. The number of nitrogens with zero attached hydrogens (tertiary/aromatic N) is 6. The number of hydrogen-bond acceptors (Lipinski definition) is 10. The van der Waals surface area contributed by atoms with Crippen molar-refractivity contribution in [2.24, 2.45) is 11.6 Å². The first-order valence-electron chi connectivity index (χ1n) is 14.6. The smallest absolute Gasteiger partial charge is 0.403 e. The average molecular weight is 640 g/mol. The van der Waals surface area contributed by atoms with E-state index in [-0.39, 0.29) is 44.9 Å². The van der Waals surface area contributed by atoms with Crippen LogP contribution in [0, 0.1) is 0 Å². The predicted octanol–water partition coefficient (Wildman–Crippen LogP) is 3.27. The van der Waals surface area contributed by atoms with Gasteiger partial charge in [-0.1, -0.05) is 24.5 Å². The van der Waals surface area contributed by atoms with Gasteiger partial charge >= 0.3 is 6.18 Å². The molecule has 0 saturated carbocycles. The predicted molar refractivity (Wildman–Crippen MR) is 167 cm³/mol. The quantitative estimate of drug-likeness (QED) is 0.149. The molecule has 0 radical (unpaired) electrons. The molecule has 2 saturated heterocycles. The summed E-state index contributed by atoms with van der Waals surface area (Å²) < 4.78 is 71.9. The Morgan fingerprint density at radius 1 is 1.16 bits per heavy atom. The lowest BCUT2D eigenvalue weighted by molar-refractivity contribution is -0.137. The monoisotopic (exact) mass is 639 g/mol. The van der Waals surface area contributed by atoms with E-state index in [1.54, 1.807) is 18.2 Å². The number of hydrazine groups is 1. The molecule has 45 heavy (non-hydrogen) atoms. The Kier molecular flexibility index (Phi) is 7.99. The van der Waals surface area contributed by atoms with E-state index < -0.39 is 27.5 Å². The summed E-state index contributed by atoms with van der Waals surface area (Å²) >= 11 is 0. The van der Waals surface area contributed by atoms with Crippen LogP contribution in [0.3, 0.4) is 0 Å². The number of pyridine rings is 1. The van der Waals surface area contributed by atoms with Gasteiger partial charge in [0.05, 0.1) is 22.0 Å². The van der Waals surface area contributed by atoms with E-state index in [9.17, 15) is 21.6 Å². The number of anilines is 1. The van der Waals surface area contributed by atoms with Crippen molar-refractivity contribution in [3.05, 3.63) is 72.3 Å². The van der Waals surface area contributed by atoms with Crippen LogP contribution in [-0.2, 0) is 16.2 Å². The third-order valence-corrected chi connectivity index (χ3v) is 10.0. The molecule has 16 heteroatoms. The minimum absolute atomic E-state index is 0.0304. The summed E-state index contributed by atoms with van der Waals surface area (Å²) in [5.74, 6) is 6.47. The van der Waals surface area contributed by atoms with Gasteiger partial charge in [0.1, 0.15) is 12.8 Å². The zero-order valence-corrected chi connectivity index (χ0v) is 25.6. The third-order valence-electron chi connectivity index (χ3n) is 8.35. The molecule has 5 N–H and O–H groups in total. The number of nitrogens with two attached hydrogens (primary N) is 2. The zero-order chi connectivity index (χ0) is 32.1. The number of benzene rings is 1. The van der Waals surface area contributed by atoms with Gasteiger partial charge in [0.2, 0.25) is 5.95 Å². The highest BCUT2D eigenvalue weighted by Crippen LogP contribution is 2.40. The Bertz CT molecular complexity index is 1860. The van der Waals surface area contributed by atoms with Crippen LogP contribution in [0.15, 0.2) is 66.0 Å². The van der Waals surface area contributed by atoms with Gasteiger partial charge in [-0.25, -0.2) is 33.2 Å². The molecule has 0 spiro atoms. The van der Waals surface area contributed by atoms with Gasteiger partial charge in [0.25, 0.3) is 10.0 Å². The minimum Gasteiger partial charge on any atom is -0.403 e. The summed E-state index contributed by atoms with van der Waals surface area (Å²) in [5.41, 5.74) is 4.50. The lowest BCUT2D eigenvalue weighted by Gasteiger charge is -2.38. The standard InChI is InChI=1S/C29H33BF3N9O2S/c1-17-8-9-18(15-41(17)25-12-30-25)37-28-36-14-22(29(31,32)33)26(39-28)21-16-42(45(43,44)19-6-4-3-5-7-19)27-20(21)10-11-23(38-27)24(13-34)40(2)35/h3-7,10-11,13-14,16-18,25,30H,8-9,12,15,34-35H2,1-2H3,(H,36,37,39)/b24-13-/t17-,18?,25?/m1/s1. The molecule has 3 atom stereocenters. The van der Waals surface area contributed by atoms with Crippen LogP contribution in [0.5, 0.6) is 0 Å². The van der Waals surface area contributed by atoms with Gasteiger partial charge in [-0.05, 0) is 50.0 Å². The van der Waals surface area contributed by atoms with Crippen molar-refractivity contribution in [3.8, 4) is 11.3 Å². The number of likely N-dealkylation sites (tertiary alicyclic amines) is 1. The normalized spacial score (nSPS) is 21.0. The largest absolute Gasteiger partial charge is 0.419 e. The lowest BCUT2D eigenvalue weighted by Crippen LogP contribution is -2.48. The van der Waals surface area contributed by atoms with Gasteiger partial charge < -0.3 is 21.0 Å². The molecule has 0 bridgehead atoms. The maximum absolute atomic E-state index is 14.4. The average Bonchev–Trinajstić information content (AvgIpc) is 3.77. The van der Waals surface area contributed by atoms with Crippen molar-refractivity contribution in [2.45, 2.75) is 55.2 Å². The second-order valence-corrected chi connectivity index (χ2v) is 13.4. The highest BCUT2D eigenvalue weighted by molar-refractivity contribution is 7.90. The fourth-order valence-corrected chi connectivity index (χ4v) is 7.23. The highest BCUT2D eigenvalue weighted by Gasteiger charge is 2.39. The van der Waals surface area contributed by atoms with Crippen LogP contribution in [0.25, 0.3) is 28.0 Å². The lowest BCUT2D eigenvalue weighted by atomic mass is 9.96. The van der Waals surface area contributed by atoms with Crippen molar-refractivity contribution in [2.75, 3.05) is 18.9 Å². The van der Waals surface area contributed by atoms with Crippen molar-refractivity contribution in [1.29, 1.82) is 0 Å². The molecule has 5 heterocycles. The van der Waals surface area contributed by atoms with E-state index in [2.05, 4.69) is 32.1 Å². The van der Waals surface area contributed by atoms with Gasteiger partial charge in [-0.2, -0.15) is 13.2 Å². The second kappa shape index (κ2) is 11.7. The van der Waals surface area contributed by atoms with Crippen LogP contribution >= 0.6 is 0 Å². The Hall–Kier alpha value is -4.15. The van der Waals surface area contributed by atoms with Crippen LogP contribution in [-0.4, -0.2) is 76.1 Å². The molecule has 11 nitrogen and oxygen atoms in total. The summed E-state index contributed by atoms with van der Waals surface area (Å²) in [7, 11) is -1.63. The molecule has 2 aliphatic rings. The number of nitrogens with one attached hydrogen (secondary N) is 1. The zero-order valence-electron chi connectivity index (χ0n) is 24.7. The molecular weight excluding hydrogens is 606 g/mol. The summed E-state index contributed by atoms with van der Waals surface area (Å²) in [5, 5.41) is 4.58. The van der Waals surface area contributed by atoms with Crippen LogP contribution in [0.4, 0.5) is 19.1 Å². The molecule has 6 rings (SSSR count). The summed E-state index contributed by atoms with van der Waals surface area (Å²) in [4.78, 5) is 15.3. The van der Waals surface area contributed by atoms with Gasteiger partial charge in [-0.3, -0.25) is 0 Å². The Labute approximate surface area is 259 Å². The number of rotatable bonds is 8. The van der Waals surface area contributed by atoms with Gasteiger partial charge in [0, 0.05) is 55.2 Å². The first-order chi connectivity index (χ1) is 21.4. The fourth-order valence-electron chi connectivity index (χ4n) is 5.89. The highest BCUT2D eigenvalue weighted by atomic mass is 32.2. The second-order valence-electron chi connectivity index (χ2n) is 11.5. The third kappa shape index (κ3) is 5.96. The van der Waals surface area contributed by atoms with Crippen molar-refractivity contribution in [1.82, 2.24) is 28.8 Å². The van der Waals surface area contributed by atoms with Gasteiger partial charge in [0.15, 0.2) is 5.65 Å². The summed E-state index contributed by atoms with van der Waals surface area (Å²) in [6.45, 7) is 2.93. The number of piperidine rings is 1. The molecule has 236 valence electrons. The van der Waals surface area contributed by atoms with Crippen molar-refractivity contribution >= 4 is 40.0 Å². The van der Waals surface area contributed by atoms with E-state index in [0.717, 1.165) is 49.4 Å². The van der Waals surface area contributed by atoms with Crippen molar-refractivity contribution < 1.29 is 21.6 Å². The molecular formula is C29H33BF3N9O2S. The van der Waals surface area contributed by atoms with E-state index in [1.807, 2.05) is 0 Å². The molecule has 3 aromatic heterocycles. The number of alkyl halides is 3. The molecule has 2 aliphatic heterocycles. The van der Waals surface area contributed by atoms with E-state index in [1.165, 1.54) is 42.5 Å². The van der Waals surface area contributed by atoms with Crippen LogP contribution in [0.1, 0.15) is 31.0 Å². The Morgan fingerprint density at radius 3 is 2.53 bits per heavy atom. The van der Waals surface area contributed by atoms with Crippen LogP contribution < -0.4 is 16.9 Å². The molecule has 2 fully saturated rings. The van der Waals surface area contributed by atoms with Gasteiger partial charge in [-0.15, -0.1) is 0 Å². The summed E-state index contributed by atoms with van der Waals surface area (Å²) in [6, 6.07) is 10.9. The SMILES string of the molecule is C[C@@H]1CCC(Nc2ncc(C(F)(F)F)c(-c3cn(S(=O)(=O)c4ccccc4)c4nc(/C(=C/N)N(C)N)ccc34)n2)CN1C1BC1. The molecule has 0 aliphatic carbocycles. The van der Waals surface area contributed by atoms with Crippen LogP contribution in [0.2, 0.25) is 6.32 Å². The fraction of sp³-hybridized carbons (Fsp3) is 0.345. The molecule has 1 aromatic carbocycles. The summed E-state index contributed by atoms with van der Waals surface area (Å²) in [6.07, 6.45) is 1.15. The van der Waals surface area contributed by atoms with Crippen molar-refractivity contribution in [3.63, 3.8) is 0 Å². The number of fused-ring (bicyclic) bond motifs is 1. The Balaban J connectivity index is 1.51.